The van der Waals surface area contributed by atoms with Crippen LogP contribution in [0.1, 0.15) is 42.2 Å². The molecule has 0 unspecified atom stereocenters. The van der Waals surface area contributed by atoms with Gasteiger partial charge in [-0.2, -0.15) is 0 Å². The highest BCUT2D eigenvalue weighted by atomic mass is 19.1. The van der Waals surface area contributed by atoms with Crippen LogP contribution in [-0.4, -0.2) is 51.5 Å². The van der Waals surface area contributed by atoms with E-state index in [-0.39, 0.29) is 29.8 Å². The molecule has 0 spiro atoms. The summed E-state index contributed by atoms with van der Waals surface area (Å²) < 4.78 is 28.7. The van der Waals surface area contributed by atoms with Crippen molar-refractivity contribution in [2.24, 2.45) is 0 Å². The molecule has 1 saturated heterocycles. The average molecular weight is 363 g/mol. The number of likely N-dealkylation sites (tertiary alicyclic amines) is 1. The number of nitrogens with one attached hydrogen (secondary N) is 1. The maximum absolute atomic E-state index is 13.7. The van der Waals surface area contributed by atoms with Crippen molar-refractivity contribution in [1.29, 1.82) is 0 Å². The first kappa shape index (κ1) is 18.4. The van der Waals surface area contributed by atoms with Gasteiger partial charge in [0.15, 0.2) is 5.69 Å². The Labute approximate surface area is 151 Å². The molecule has 0 radical (unpaired) electrons. The molecule has 1 fully saturated rings. The number of rotatable bonds is 6. The lowest BCUT2D eigenvalue weighted by molar-refractivity contribution is 0.0906. The standard InChI is InChI=1S/C18H23F2N5O/c1-2-8-24-9-6-13(7-10-24)21-18(26)17-12-25(23-22-17)11-14-15(19)4-3-5-16(14)20/h3-5,12-13H,2,6-11H2,1H3,(H,21,26). The number of carbonyl (C=O) groups excluding carboxylic acids is 1. The van der Waals surface area contributed by atoms with E-state index < -0.39 is 11.6 Å². The number of hydrogen-bond donors (Lipinski definition) is 1. The van der Waals surface area contributed by atoms with Crippen LogP contribution in [0.15, 0.2) is 24.4 Å². The summed E-state index contributed by atoms with van der Waals surface area (Å²) in [6.45, 7) is 5.07. The Hall–Kier alpha value is -2.35. The monoisotopic (exact) mass is 363 g/mol. The van der Waals surface area contributed by atoms with E-state index in [9.17, 15) is 13.6 Å². The average Bonchev–Trinajstić information content (AvgIpc) is 3.09. The van der Waals surface area contributed by atoms with Gasteiger partial charge in [-0.3, -0.25) is 4.79 Å². The minimum absolute atomic E-state index is 0.104. The summed E-state index contributed by atoms with van der Waals surface area (Å²) >= 11 is 0. The lowest BCUT2D eigenvalue weighted by atomic mass is 10.0. The first-order valence-electron chi connectivity index (χ1n) is 8.93. The Bertz CT molecular complexity index is 736. The molecule has 140 valence electrons. The number of amides is 1. The van der Waals surface area contributed by atoms with Crippen LogP contribution >= 0.6 is 0 Å². The van der Waals surface area contributed by atoms with Crippen LogP contribution in [0.25, 0.3) is 0 Å². The first-order chi connectivity index (χ1) is 12.6. The van der Waals surface area contributed by atoms with E-state index in [0.29, 0.717) is 0 Å². The van der Waals surface area contributed by atoms with Crippen LogP contribution in [0.3, 0.4) is 0 Å². The smallest absolute Gasteiger partial charge is 0.273 e. The molecule has 8 heteroatoms. The zero-order chi connectivity index (χ0) is 18.5. The molecule has 1 aromatic carbocycles. The number of carbonyl (C=O) groups is 1. The first-order valence-corrected chi connectivity index (χ1v) is 8.93. The second kappa shape index (κ2) is 8.35. The minimum atomic E-state index is -0.648. The fraction of sp³-hybridized carbons (Fsp3) is 0.500. The van der Waals surface area contributed by atoms with Crippen LogP contribution in [0, 0.1) is 11.6 Å². The molecule has 3 rings (SSSR count). The van der Waals surface area contributed by atoms with Gasteiger partial charge in [-0.1, -0.05) is 18.2 Å². The van der Waals surface area contributed by atoms with Gasteiger partial charge in [0.05, 0.1) is 12.7 Å². The molecule has 0 saturated carbocycles. The van der Waals surface area contributed by atoms with Gasteiger partial charge < -0.3 is 10.2 Å². The van der Waals surface area contributed by atoms with Crippen molar-refractivity contribution in [3.8, 4) is 0 Å². The zero-order valence-corrected chi connectivity index (χ0v) is 14.8. The van der Waals surface area contributed by atoms with Gasteiger partial charge in [0.25, 0.3) is 5.91 Å². The molecule has 1 aromatic heterocycles. The third-order valence-corrected chi connectivity index (χ3v) is 4.62. The van der Waals surface area contributed by atoms with Crippen molar-refractivity contribution >= 4 is 5.91 Å². The third kappa shape index (κ3) is 4.43. The van der Waals surface area contributed by atoms with E-state index in [4.69, 9.17) is 0 Å². The van der Waals surface area contributed by atoms with Crippen LogP contribution in [0.2, 0.25) is 0 Å². The predicted octanol–water partition coefficient (Wildman–Crippen LogP) is 2.21. The van der Waals surface area contributed by atoms with E-state index in [1.807, 2.05) is 0 Å². The number of halogens is 2. The minimum Gasteiger partial charge on any atom is -0.348 e. The Balaban J connectivity index is 1.57. The highest BCUT2D eigenvalue weighted by molar-refractivity contribution is 5.92. The Kier molecular flexibility index (Phi) is 5.92. The number of hydrogen-bond acceptors (Lipinski definition) is 4. The van der Waals surface area contributed by atoms with E-state index in [1.54, 1.807) is 0 Å². The second-order valence-corrected chi connectivity index (χ2v) is 6.59. The van der Waals surface area contributed by atoms with Crippen molar-refractivity contribution in [3.05, 3.63) is 47.3 Å². The van der Waals surface area contributed by atoms with Gasteiger partial charge in [0.1, 0.15) is 11.6 Å². The van der Waals surface area contributed by atoms with Crippen molar-refractivity contribution < 1.29 is 13.6 Å². The molecule has 1 aliphatic heterocycles. The number of aromatic nitrogens is 3. The summed E-state index contributed by atoms with van der Waals surface area (Å²) in [4.78, 5) is 14.7. The molecular weight excluding hydrogens is 340 g/mol. The van der Waals surface area contributed by atoms with Crippen molar-refractivity contribution in [2.75, 3.05) is 19.6 Å². The molecule has 0 atom stereocenters. The molecule has 26 heavy (non-hydrogen) atoms. The second-order valence-electron chi connectivity index (χ2n) is 6.59. The molecule has 2 heterocycles. The maximum Gasteiger partial charge on any atom is 0.273 e. The van der Waals surface area contributed by atoms with E-state index >= 15 is 0 Å². The molecule has 6 nitrogen and oxygen atoms in total. The largest absolute Gasteiger partial charge is 0.348 e. The highest BCUT2D eigenvalue weighted by Gasteiger charge is 2.22. The van der Waals surface area contributed by atoms with Gasteiger partial charge in [-0.25, -0.2) is 13.5 Å². The molecule has 1 amide bonds. The summed E-state index contributed by atoms with van der Waals surface area (Å²) in [7, 11) is 0. The quantitative estimate of drug-likeness (QED) is 0.855. The van der Waals surface area contributed by atoms with Crippen LogP contribution in [0.5, 0.6) is 0 Å². The number of benzene rings is 1. The van der Waals surface area contributed by atoms with Gasteiger partial charge >= 0.3 is 0 Å². The van der Waals surface area contributed by atoms with E-state index in [1.165, 1.54) is 29.1 Å². The van der Waals surface area contributed by atoms with E-state index in [2.05, 4.69) is 27.5 Å². The summed E-state index contributed by atoms with van der Waals surface area (Å²) in [6, 6.07) is 3.80. The van der Waals surface area contributed by atoms with Gasteiger partial charge in [-0.05, 0) is 37.9 Å². The Morgan fingerprint density at radius 3 is 2.62 bits per heavy atom. The Morgan fingerprint density at radius 1 is 1.27 bits per heavy atom. The fourth-order valence-corrected chi connectivity index (χ4v) is 3.20. The maximum atomic E-state index is 13.7. The van der Waals surface area contributed by atoms with Crippen LogP contribution < -0.4 is 5.32 Å². The van der Waals surface area contributed by atoms with Gasteiger partial charge in [0.2, 0.25) is 0 Å². The number of nitrogens with zero attached hydrogens (tertiary/aromatic N) is 4. The number of piperidine rings is 1. The van der Waals surface area contributed by atoms with Crippen molar-refractivity contribution in [2.45, 2.75) is 38.8 Å². The van der Waals surface area contributed by atoms with Gasteiger partial charge in [-0.15, -0.1) is 5.10 Å². The SMILES string of the molecule is CCCN1CCC(NC(=O)c2cn(Cc3c(F)cccc3F)nn2)CC1. The molecular formula is C18H23F2N5O. The summed E-state index contributed by atoms with van der Waals surface area (Å²) in [5.41, 5.74) is 0.0467. The van der Waals surface area contributed by atoms with Gasteiger partial charge in [0, 0.05) is 24.7 Å². The Morgan fingerprint density at radius 2 is 1.96 bits per heavy atom. The topological polar surface area (TPSA) is 63.1 Å². The predicted molar refractivity (Wildman–Crippen MR) is 92.7 cm³/mol. The summed E-state index contributed by atoms with van der Waals surface area (Å²) in [5.74, 6) is -1.60. The summed E-state index contributed by atoms with van der Waals surface area (Å²) in [6.07, 6.45) is 4.34. The van der Waals surface area contributed by atoms with E-state index in [0.717, 1.165) is 38.9 Å². The third-order valence-electron chi connectivity index (χ3n) is 4.62. The van der Waals surface area contributed by atoms with Crippen LogP contribution in [-0.2, 0) is 6.54 Å². The molecule has 1 N–H and O–H groups in total. The van der Waals surface area contributed by atoms with Crippen molar-refractivity contribution in [3.63, 3.8) is 0 Å². The molecule has 0 aliphatic carbocycles. The zero-order valence-electron chi connectivity index (χ0n) is 14.8. The molecule has 0 bridgehead atoms. The highest BCUT2D eigenvalue weighted by Crippen LogP contribution is 2.14. The molecule has 1 aliphatic rings. The van der Waals surface area contributed by atoms with Crippen LogP contribution in [0.4, 0.5) is 8.78 Å². The fourth-order valence-electron chi connectivity index (χ4n) is 3.20. The molecule has 2 aromatic rings. The normalized spacial score (nSPS) is 16.0. The lowest BCUT2D eigenvalue weighted by Crippen LogP contribution is -2.44. The van der Waals surface area contributed by atoms with Crippen molar-refractivity contribution in [1.82, 2.24) is 25.2 Å². The lowest BCUT2D eigenvalue weighted by Gasteiger charge is -2.31. The summed E-state index contributed by atoms with van der Waals surface area (Å²) in [5, 5.41) is 10.6.